The number of carbonyl (C=O) groups is 2. The number of hydrogen-bond acceptors (Lipinski definition) is 4. The maximum atomic E-state index is 13.2. The topological polar surface area (TPSA) is 79.7 Å². The van der Waals surface area contributed by atoms with Crippen molar-refractivity contribution < 1.29 is 23.8 Å². The van der Waals surface area contributed by atoms with E-state index in [1.807, 2.05) is 0 Å². The van der Waals surface area contributed by atoms with E-state index in [-0.39, 0.29) is 18.3 Å². The van der Waals surface area contributed by atoms with E-state index >= 15 is 0 Å². The standard InChI is InChI=1S/C14H15FN2O4/c15-10-2-1-3-11(16-10)17-8-14(21-13(17)20)6-4-9(5-7-14)12(18)19/h1-3,9H,4-8H2,(H,18,19)/t9-,14-. The van der Waals surface area contributed by atoms with Gasteiger partial charge in [0.25, 0.3) is 0 Å². The molecule has 1 amide bonds. The summed E-state index contributed by atoms with van der Waals surface area (Å²) >= 11 is 0. The van der Waals surface area contributed by atoms with Gasteiger partial charge in [0.15, 0.2) is 0 Å². The number of hydrogen-bond donors (Lipinski definition) is 1. The molecule has 0 bridgehead atoms. The third-order valence-corrected chi connectivity index (χ3v) is 4.19. The van der Waals surface area contributed by atoms with Crippen molar-refractivity contribution in [2.45, 2.75) is 31.3 Å². The summed E-state index contributed by atoms with van der Waals surface area (Å²) in [5, 5.41) is 9.01. The van der Waals surface area contributed by atoms with Gasteiger partial charge in [0, 0.05) is 0 Å². The second kappa shape index (κ2) is 4.98. The van der Waals surface area contributed by atoms with Crippen LogP contribution < -0.4 is 4.90 Å². The third kappa shape index (κ3) is 2.55. The lowest BCUT2D eigenvalue weighted by Gasteiger charge is -2.33. The number of carbonyl (C=O) groups excluding carboxylic acids is 1. The molecule has 1 saturated heterocycles. The van der Waals surface area contributed by atoms with Gasteiger partial charge in [0.1, 0.15) is 11.4 Å². The van der Waals surface area contributed by atoms with Crippen molar-refractivity contribution in [3.8, 4) is 0 Å². The zero-order valence-electron chi connectivity index (χ0n) is 11.3. The Balaban J connectivity index is 1.75. The number of pyridine rings is 1. The molecular weight excluding hydrogens is 279 g/mol. The van der Waals surface area contributed by atoms with Gasteiger partial charge in [-0.2, -0.15) is 4.39 Å². The Kier molecular flexibility index (Phi) is 3.27. The van der Waals surface area contributed by atoms with Crippen LogP contribution in [0.15, 0.2) is 18.2 Å². The first-order valence-electron chi connectivity index (χ1n) is 6.85. The Hall–Kier alpha value is -2.18. The van der Waals surface area contributed by atoms with E-state index in [1.165, 1.54) is 17.0 Å². The normalized spacial score (nSPS) is 28.7. The Morgan fingerprint density at radius 3 is 2.76 bits per heavy atom. The first-order valence-corrected chi connectivity index (χ1v) is 6.85. The van der Waals surface area contributed by atoms with Crippen LogP contribution in [0.3, 0.4) is 0 Å². The van der Waals surface area contributed by atoms with Crippen molar-refractivity contribution in [2.75, 3.05) is 11.4 Å². The van der Waals surface area contributed by atoms with Crippen LogP contribution in [0.5, 0.6) is 0 Å². The molecule has 6 nitrogen and oxygen atoms in total. The van der Waals surface area contributed by atoms with E-state index in [2.05, 4.69) is 4.98 Å². The fourth-order valence-electron chi connectivity index (χ4n) is 3.00. The molecule has 1 aliphatic heterocycles. The molecule has 0 unspecified atom stereocenters. The average Bonchev–Trinajstić information content (AvgIpc) is 2.76. The summed E-state index contributed by atoms with van der Waals surface area (Å²) in [4.78, 5) is 28.0. The average molecular weight is 294 g/mol. The SMILES string of the molecule is O=C1O[C@]2(CC[C@H](C(=O)O)CC2)CN1c1cccc(F)n1. The van der Waals surface area contributed by atoms with Crippen molar-refractivity contribution in [1.29, 1.82) is 0 Å². The maximum Gasteiger partial charge on any atom is 0.416 e. The van der Waals surface area contributed by atoms with Crippen molar-refractivity contribution in [3.63, 3.8) is 0 Å². The number of amides is 1. The Morgan fingerprint density at radius 1 is 1.43 bits per heavy atom. The number of anilines is 1. The monoisotopic (exact) mass is 294 g/mol. The summed E-state index contributed by atoms with van der Waals surface area (Å²) < 4.78 is 18.6. The molecule has 0 aromatic carbocycles. The number of aliphatic carboxylic acids is 1. The van der Waals surface area contributed by atoms with Gasteiger partial charge in [-0.05, 0) is 37.8 Å². The highest BCUT2D eigenvalue weighted by atomic mass is 19.1. The fraction of sp³-hybridized carbons (Fsp3) is 0.500. The zero-order valence-corrected chi connectivity index (χ0v) is 11.3. The molecule has 3 rings (SSSR count). The Labute approximate surface area is 120 Å². The van der Waals surface area contributed by atoms with Crippen molar-refractivity contribution in [2.24, 2.45) is 5.92 Å². The summed E-state index contributed by atoms with van der Waals surface area (Å²) in [6, 6.07) is 4.24. The molecular formula is C14H15FN2O4. The van der Waals surface area contributed by atoms with Gasteiger partial charge < -0.3 is 9.84 Å². The number of aromatic nitrogens is 1. The van der Waals surface area contributed by atoms with E-state index in [0.29, 0.717) is 25.7 Å². The predicted octanol–water partition coefficient (Wildman–Crippen LogP) is 2.19. The van der Waals surface area contributed by atoms with Gasteiger partial charge in [-0.25, -0.2) is 9.78 Å². The maximum absolute atomic E-state index is 13.2. The summed E-state index contributed by atoms with van der Waals surface area (Å²) in [7, 11) is 0. The van der Waals surface area contributed by atoms with Gasteiger partial charge in [-0.1, -0.05) is 6.07 Å². The summed E-state index contributed by atoms with van der Waals surface area (Å²) in [6.07, 6.45) is 1.41. The number of rotatable bonds is 2. The molecule has 21 heavy (non-hydrogen) atoms. The molecule has 1 aromatic rings. The number of carboxylic acid groups (broad SMARTS) is 1. The number of halogens is 1. The highest BCUT2D eigenvalue weighted by Gasteiger charge is 2.48. The van der Waals surface area contributed by atoms with Gasteiger partial charge in [0.2, 0.25) is 5.95 Å². The molecule has 1 aromatic heterocycles. The molecule has 0 radical (unpaired) electrons. The lowest BCUT2D eigenvalue weighted by molar-refractivity contribution is -0.144. The van der Waals surface area contributed by atoms with E-state index in [1.54, 1.807) is 6.07 Å². The minimum Gasteiger partial charge on any atom is -0.481 e. The largest absolute Gasteiger partial charge is 0.481 e. The summed E-state index contributed by atoms with van der Waals surface area (Å²) in [6.45, 7) is 0.286. The van der Waals surface area contributed by atoms with E-state index in [9.17, 15) is 14.0 Å². The summed E-state index contributed by atoms with van der Waals surface area (Å²) in [5.74, 6) is -1.62. The Morgan fingerprint density at radius 2 is 2.14 bits per heavy atom. The molecule has 112 valence electrons. The summed E-state index contributed by atoms with van der Waals surface area (Å²) in [5.41, 5.74) is -0.670. The smallest absolute Gasteiger partial charge is 0.416 e. The molecule has 2 heterocycles. The van der Waals surface area contributed by atoms with E-state index in [0.717, 1.165) is 0 Å². The third-order valence-electron chi connectivity index (χ3n) is 4.19. The van der Waals surface area contributed by atoms with Crippen LogP contribution >= 0.6 is 0 Å². The second-order valence-electron chi connectivity index (χ2n) is 5.57. The molecule has 1 aliphatic carbocycles. The first kappa shape index (κ1) is 13.8. The van der Waals surface area contributed by atoms with Crippen molar-refractivity contribution in [3.05, 3.63) is 24.1 Å². The van der Waals surface area contributed by atoms with Crippen LogP contribution in [0.1, 0.15) is 25.7 Å². The molecule has 1 saturated carbocycles. The zero-order chi connectivity index (χ0) is 15.0. The van der Waals surface area contributed by atoms with Gasteiger partial charge >= 0.3 is 12.1 Å². The first-order chi connectivity index (χ1) is 9.99. The highest BCUT2D eigenvalue weighted by molar-refractivity contribution is 5.89. The van der Waals surface area contributed by atoms with Gasteiger partial charge in [-0.15, -0.1) is 0 Å². The van der Waals surface area contributed by atoms with E-state index < -0.39 is 23.6 Å². The number of nitrogens with zero attached hydrogens (tertiary/aromatic N) is 2. The second-order valence-corrected chi connectivity index (χ2v) is 5.57. The predicted molar refractivity (Wildman–Crippen MR) is 70.3 cm³/mol. The number of carboxylic acids is 1. The molecule has 2 fully saturated rings. The van der Waals surface area contributed by atoms with Gasteiger partial charge in [-0.3, -0.25) is 9.69 Å². The molecule has 0 atom stereocenters. The molecule has 7 heteroatoms. The fourth-order valence-corrected chi connectivity index (χ4v) is 3.00. The minimum absolute atomic E-state index is 0.220. The van der Waals surface area contributed by atoms with E-state index in [4.69, 9.17) is 9.84 Å². The Bertz CT molecular complexity index is 584. The highest BCUT2D eigenvalue weighted by Crippen LogP contribution is 2.40. The lowest BCUT2D eigenvalue weighted by atomic mass is 9.79. The quantitative estimate of drug-likeness (QED) is 0.846. The number of ether oxygens (including phenoxy) is 1. The van der Waals surface area contributed by atoms with Crippen LogP contribution in [0.2, 0.25) is 0 Å². The van der Waals surface area contributed by atoms with Crippen LogP contribution in [-0.2, 0) is 9.53 Å². The van der Waals surface area contributed by atoms with Crippen LogP contribution in [-0.4, -0.2) is 34.3 Å². The van der Waals surface area contributed by atoms with Crippen LogP contribution in [0.4, 0.5) is 15.0 Å². The van der Waals surface area contributed by atoms with Gasteiger partial charge in [0.05, 0.1) is 12.5 Å². The van der Waals surface area contributed by atoms with Crippen LogP contribution in [0, 0.1) is 11.9 Å². The molecule has 2 aliphatic rings. The van der Waals surface area contributed by atoms with Crippen LogP contribution in [0.25, 0.3) is 0 Å². The molecule has 1 N–H and O–H groups in total. The lowest BCUT2D eigenvalue weighted by Crippen LogP contribution is -2.40. The molecule has 1 spiro atoms. The van der Waals surface area contributed by atoms with Crippen molar-refractivity contribution >= 4 is 17.9 Å². The minimum atomic E-state index is -0.808. The van der Waals surface area contributed by atoms with Crippen molar-refractivity contribution in [1.82, 2.24) is 4.98 Å².